The molecule has 19 heavy (non-hydrogen) atoms. The quantitative estimate of drug-likeness (QED) is 0.766. The highest BCUT2D eigenvalue weighted by Crippen LogP contribution is 2.29. The smallest absolute Gasteiger partial charge is 0.123 e. The summed E-state index contributed by atoms with van der Waals surface area (Å²) < 4.78 is 24.4. The summed E-state index contributed by atoms with van der Waals surface area (Å²) in [4.78, 5) is 0. The van der Waals surface area contributed by atoms with Crippen LogP contribution in [0.4, 0.5) is 4.39 Å². The maximum absolute atomic E-state index is 13.1. The fourth-order valence-electron chi connectivity index (χ4n) is 2.34. The van der Waals surface area contributed by atoms with Crippen molar-refractivity contribution in [2.24, 2.45) is 5.92 Å². The van der Waals surface area contributed by atoms with Crippen LogP contribution in [-0.4, -0.2) is 32.4 Å². The Morgan fingerprint density at radius 1 is 1.37 bits per heavy atom. The Morgan fingerprint density at radius 2 is 2.26 bits per heavy atom. The van der Waals surface area contributed by atoms with Crippen LogP contribution in [0.15, 0.2) is 18.2 Å². The molecule has 0 radical (unpaired) electrons. The lowest BCUT2D eigenvalue weighted by Crippen LogP contribution is -2.32. The Labute approximate surface area is 113 Å². The first-order valence-electron chi connectivity index (χ1n) is 7.05. The highest BCUT2D eigenvalue weighted by Gasteiger charge is 2.23. The van der Waals surface area contributed by atoms with Crippen molar-refractivity contribution in [2.45, 2.75) is 25.4 Å². The van der Waals surface area contributed by atoms with E-state index in [-0.39, 0.29) is 11.9 Å². The molecule has 1 atom stereocenters. The fourth-order valence-corrected chi connectivity index (χ4v) is 2.34. The number of ether oxygens (including phenoxy) is 2. The minimum absolute atomic E-state index is 0.111. The van der Waals surface area contributed by atoms with Crippen LogP contribution in [0, 0.1) is 11.7 Å². The van der Waals surface area contributed by atoms with Crippen molar-refractivity contribution in [3.63, 3.8) is 0 Å². The number of hydrogen-bond donors (Lipinski definition) is 1. The number of halogens is 1. The summed E-state index contributed by atoms with van der Waals surface area (Å²) in [7, 11) is 0. The average molecular weight is 265 g/mol. The fraction of sp³-hybridized carbons (Fsp3) is 0.600. The van der Waals surface area contributed by atoms with Crippen molar-refractivity contribution in [1.29, 1.82) is 0 Å². The van der Waals surface area contributed by atoms with Crippen molar-refractivity contribution < 1.29 is 13.9 Å². The highest BCUT2D eigenvalue weighted by atomic mass is 19.1. The Balaban J connectivity index is 1.31. The van der Waals surface area contributed by atoms with Crippen molar-refractivity contribution in [3.8, 4) is 5.75 Å². The van der Waals surface area contributed by atoms with Gasteiger partial charge in [-0.25, -0.2) is 4.39 Å². The van der Waals surface area contributed by atoms with Crippen LogP contribution >= 0.6 is 0 Å². The van der Waals surface area contributed by atoms with E-state index < -0.39 is 0 Å². The molecule has 0 amide bonds. The van der Waals surface area contributed by atoms with Crippen LogP contribution in [0.3, 0.4) is 0 Å². The Kier molecular flexibility index (Phi) is 3.99. The van der Waals surface area contributed by atoms with Gasteiger partial charge in [0, 0.05) is 31.7 Å². The summed E-state index contributed by atoms with van der Waals surface area (Å²) in [5, 5.41) is 3.33. The molecule has 1 aliphatic heterocycles. The third kappa shape index (κ3) is 3.67. The minimum atomic E-state index is -0.190. The van der Waals surface area contributed by atoms with Crippen LogP contribution in [-0.2, 0) is 11.2 Å². The van der Waals surface area contributed by atoms with Gasteiger partial charge in [0.1, 0.15) is 17.7 Å². The summed E-state index contributed by atoms with van der Waals surface area (Å²) in [6, 6.07) is 4.72. The van der Waals surface area contributed by atoms with E-state index in [0.717, 1.165) is 50.0 Å². The summed E-state index contributed by atoms with van der Waals surface area (Å²) in [5.74, 6) is 1.45. The Morgan fingerprint density at radius 3 is 3.11 bits per heavy atom. The molecule has 0 bridgehead atoms. The first kappa shape index (κ1) is 12.9. The largest absolute Gasteiger partial charge is 0.488 e. The van der Waals surface area contributed by atoms with E-state index in [9.17, 15) is 4.39 Å². The van der Waals surface area contributed by atoms with Gasteiger partial charge < -0.3 is 14.8 Å². The molecule has 0 aromatic heterocycles. The molecule has 3 nitrogen and oxygen atoms in total. The van der Waals surface area contributed by atoms with E-state index in [1.54, 1.807) is 12.1 Å². The standard InChI is InChI=1S/C15H20FNO2/c16-13-3-4-15-12(7-13)8-14(19-15)9-17-5-6-18-10-11-1-2-11/h3-4,7,11,14,17H,1-2,5-6,8-10H2. The van der Waals surface area contributed by atoms with E-state index in [2.05, 4.69) is 5.32 Å². The van der Waals surface area contributed by atoms with Gasteiger partial charge in [0.25, 0.3) is 0 Å². The summed E-state index contributed by atoms with van der Waals surface area (Å²) in [5.41, 5.74) is 0.969. The first-order chi connectivity index (χ1) is 9.31. The van der Waals surface area contributed by atoms with E-state index in [0.29, 0.717) is 0 Å². The third-order valence-corrected chi connectivity index (χ3v) is 3.61. The van der Waals surface area contributed by atoms with Crippen molar-refractivity contribution in [2.75, 3.05) is 26.3 Å². The van der Waals surface area contributed by atoms with Gasteiger partial charge in [-0.2, -0.15) is 0 Å². The molecular weight excluding hydrogens is 245 g/mol. The molecule has 1 unspecified atom stereocenters. The van der Waals surface area contributed by atoms with Crippen molar-refractivity contribution in [1.82, 2.24) is 5.32 Å². The zero-order valence-electron chi connectivity index (χ0n) is 11.0. The van der Waals surface area contributed by atoms with Crippen molar-refractivity contribution in [3.05, 3.63) is 29.6 Å². The van der Waals surface area contributed by atoms with Gasteiger partial charge >= 0.3 is 0 Å². The normalized spacial score (nSPS) is 21.2. The van der Waals surface area contributed by atoms with Crippen LogP contribution in [0.2, 0.25) is 0 Å². The third-order valence-electron chi connectivity index (χ3n) is 3.61. The van der Waals surface area contributed by atoms with Gasteiger partial charge in [-0.15, -0.1) is 0 Å². The van der Waals surface area contributed by atoms with Crippen LogP contribution < -0.4 is 10.1 Å². The highest BCUT2D eigenvalue weighted by molar-refractivity contribution is 5.37. The van der Waals surface area contributed by atoms with Gasteiger partial charge in [0.15, 0.2) is 0 Å². The predicted octanol–water partition coefficient (Wildman–Crippen LogP) is 2.15. The molecule has 0 spiro atoms. The molecule has 1 aliphatic carbocycles. The van der Waals surface area contributed by atoms with Crippen LogP contribution in [0.1, 0.15) is 18.4 Å². The topological polar surface area (TPSA) is 30.5 Å². The Hall–Kier alpha value is -1.13. The first-order valence-corrected chi connectivity index (χ1v) is 7.05. The van der Waals surface area contributed by atoms with Gasteiger partial charge in [0.2, 0.25) is 0 Å². The molecule has 0 saturated heterocycles. The monoisotopic (exact) mass is 265 g/mol. The number of hydrogen-bond acceptors (Lipinski definition) is 3. The lowest BCUT2D eigenvalue weighted by atomic mass is 10.1. The van der Waals surface area contributed by atoms with E-state index in [1.165, 1.54) is 18.9 Å². The van der Waals surface area contributed by atoms with Gasteiger partial charge in [-0.1, -0.05) is 0 Å². The van der Waals surface area contributed by atoms with Gasteiger partial charge in [-0.05, 0) is 37.0 Å². The molecule has 3 rings (SSSR count). The van der Waals surface area contributed by atoms with Crippen molar-refractivity contribution >= 4 is 0 Å². The summed E-state index contributed by atoms with van der Waals surface area (Å²) >= 11 is 0. The summed E-state index contributed by atoms with van der Waals surface area (Å²) in [6.07, 6.45) is 3.56. The SMILES string of the molecule is Fc1ccc2c(c1)CC(CNCCOCC1CC1)O2. The van der Waals surface area contributed by atoms with Crippen LogP contribution in [0.5, 0.6) is 5.75 Å². The Bertz CT molecular complexity index is 434. The van der Waals surface area contributed by atoms with Gasteiger partial charge in [0.05, 0.1) is 6.61 Å². The molecular formula is C15H20FNO2. The molecule has 2 aliphatic rings. The molecule has 1 aromatic carbocycles. The second kappa shape index (κ2) is 5.88. The molecule has 1 aromatic rings. The number of nitrogens with one attached hydrogen (secondary N) is 1. The number of fused-ring (bicyclic) bond motifs is 1. The van der Waals surface area contributed by atoms with Crippen LogP contribution in [0.25, 0.3) is 0 Å². The second-order valence-electron chi connectivity index (χ2n) is 5.42. The summed E-state index contributed by atoms with van der Waals surface area (Å²) in [6.45, 7) is 3.29. The van der Waals surface area contributed by atoms with Gasteiger partial charge in [-0.3, -0.25) is 0 Å². The average Bonchev–Trinajstić information content (AvgIpc) is 3.13. The number of rotatable bonds is 7. The molecule has 104 valence electrons. The second-order valence-corrected chi connectivity index (χ2v) is 5.42. The molecule has 1 N–H and O–H groups in total. The minimum Gasteiger partial charge on any atom is -0.488 e. The molecule has 1 saturated carbocycles. The van der Waals surface area contributed by atoms with E-state index in [4.69, 9.17) is 9.47 Å². The lowest BCUT2D eigenvalue weighted by molar-refractivity contribution is 0.123. The van der Waals surface area contributed by atoms with E-state index >= 15 is 0 Å². The zero-order valence-corrected chi connectivity index (χ0v) is 11.0. The molecule has 1 heterocycles. The predicted molar refractivity (Wildman–Crippen MR) is 70.9 cm³/mol. The lowest BCUT2D eigenvalue weighted by Gasteiger charge is -2.11. The molecule has 1 fully saturated rings. The maximum Gasteiger partial charge on any atom is 0.123 e. The molecule has 4 heteroatoms. The van der Waals surface area contributed by atoms with E-state index in [1.807, 2.05) is 0 Å². The number of benzene rings is 1. The zero-order chi connectivity index (χ0) is 13.1. The maximum atomic E-state index is 13.1.